The summed E-state index contributed by atoms with van der Waals surface area (Å²) in [6, 6.07) is 17.3. The SMILES string of the molecule is Fc1ccc(CN2CCN(C/C=C/c3ccccc3)CC2)cc1. The van der Waals surface area contributed by atoms with Crippen molar-refractivity contribution >= 4 is 6.08 Å². The van der Waals surface area contributed by atoms with Crippen molar-refractivity contribution in [3.05, 3.63) is 77.6 Å². The highest BCUT2D eigenvalue weighted by Crippen LogP contribution is 2.10. The number of rotatable bonds is 5. The Morgan fingerprint density at radius 2 is 1.48 bits per heavy atom. The highest BCUT2D eigenvalue weighted by Gasteiger charge is 2.15. The number of benzene rings is 2. The normalized spacial score (nSPS) is 16.9. The van der Waals surface area contributed by atoms with Gasteiger partial charge < -0.3 is 0 Å². The third-order valence-corrected chi connectivity index (χ3v) is 4.26. The topological polar surface area (TPSA) is 6.48 Å². The fourth-order valence-corrected chi connectivity index (χ4v) is 2.88. The molecule has 0 unspecified atom stereocenters. The van der Waals surface area contributed by atoms with Crippen molar-refractivity contribution in [3.8, 4) is 0 Å². The number of halogens is 1. The van der Waals surface area contributed by atoms with Crippen LogP contribution in [0.5, 0.6) is 0 Å². The first-order chi connectivity index (χ1) is 11.3. The average Bonchev–Trinajstić information content (AvgIpc) is 2.59. The lowest BCUT2D eigenvalue weighted by atomic mass is 10.2. The Morgan fingerprint density at radius 1 is 0.826 bits per heavy atom. The zero-order valence-corrected chi connectivity index (χ0v) is 13.4. The Balaban J connectivity index is 1.41. The van der Waals surface area contributed by atoms with Gasteiger partial charge in [0.15, 0.2) is 0 Å². The lowest BCUT2D eigenvalue weighted by Gasteiger charge is -2.34. The van der Waals surface area contributed by atoms with Gasteiger partial charge in [0.2, 0.25) is 0 Å². The summed E-state index contributed by atoms with van der Waals surface area (Å²) >= 11 is 0. The number of hydrogen-bond donors (Lipinski definition) is 0. The predicted octanol–water partition coefficient (Wildman–Crippen LogP) is 3.66. The predicted molar refractivity (Wildman–Crippen MR) is 93.6 cm³/mol. The van der Waals surface area contributed by atoms with E-state index in [0.717, 1.165) is 39.3 Å². The van der Waals surface area contributed by atoms with Crippen molar-refractivity contribution in [1.82, 2.24) is 9.80 Å². The molecule has 0 N–H and O–H groups in total. The van der Waals surface area contributed by atoms with Gasteiger partial charge in [-0.3, -0.25) is 9.80 Å². The molecule has 1 aliphatic rings. The summed E-state index contributed by atoms with van der Waals surface area (Å²) in [7, 11) is 0. The summed E-state index contributed by atoms with van der Waals surface area (Å²) < 4.78 is 12.9. The molecule has 3 heteroatoms. The highest BCUT2D eigenvalue weighted by atomic mass is 19.1. The van der Waals surface area contributed by atoms with Crippen LogP contribution in [0.4, 0.5) is 4.39 Å². The van der Waals surface area contributed by atoms with E-state index in [1.54, 1.807) is 12.1 Å². The molecule has 0 atom stereocenters. The van der Waals surface area contributed by atoms with Gasteiger partial charge in [0.25, 0.3) is 0 Å². The molecular weight excluding hydrogens is 287 g/mol. The van der Waals surface area contributed by atoms with E-state index < -0.39 is 0 Å². The maximum atomic E-state index is 12.9. The molecule has 0 saturated carbocycles. The molecule has 0 spiro atoms. The van der Waals surface area contributed by atoms with Gasteiger partial charge in [-0.15, -0.1) is 0 Å². The first-order valence-corrected chi connectivity index (χ1v) is 8.20. The molecular formula is C20H23FN2. The lowest BCUT2D eigenvalue weighted by Crippen LogP contribution is -2.45. The minimum atomic E-state index is -0.163. The molecule has 120 valence electrons. The van der Waals surface area contributed by atoms with Crippen molar-refractivity contribution < 1.29 is 4.39 Å². The monoisotopic (exact) mass is 310 g/mol. The second-order valence-corrected chi connectivity index (χ2v) is 6.02. The largest absolute Gasteiger partial charge is 0.297 e. The van der Waals surface area contributed by atoms with E-state index >= 15 is 0 Å². The van der Waals surface area contributed by atoms with Crippen LogP contribution < -0.4 is 0 Å². The van der Waals surface area contributed by atoms with Crippen LogP contribution in [-0.2, 0) is 6.54 Å². The van der Waals surface area contributed by atoms with Crippen LogP contribution in [0.25, 0.3) is 6.08 Å². The summed E-state index contributed by atoms with van der Waals surface area (Å²) in [5.41, 5.74) is 2.44. The molecule has 0 radical (unpaired) electrons. The van der Waals surface area contributed by atoms with E-state index in [9.17, 15) is 4.39 Å². The summed E-state index contributed by atoms with van der Waals surface area (Å²) in [6.45, 7) is 6.21. The van der Waals surface area contributed by atoms with Crippen molar-refractivity contribution in [3.63, 3.8) is 0 Å². The summed E-state index contributed by atoms with van der Waals surface area (Å²) in [6.07, 6.45) is 4.43. The van der Waals surface area contributed by atoms with Crippen LogP contribution in [0.2, 0.25) is 0 Å². The van der Waals surface area contributed by atoms with E-state index in [-0.39, 0.29) is 5.82 Å². The molecule has 1 saturated heterocycles. The Labute approximate surface area is 137 Å². The molecule has 0 aliphatic carbocycles. The van der Waals surface area contributed by atoms with Crippen LogP contribution in [0.15, 0.2) is 60.7 Å². The van der Waals surface area contributed by atoms with Gasteiger partial charge in [-0.1, -0.05) is 54.6 Å². The summed E-state index contributed by atoms with van der Waals surface area (Å²) in [5.74, 6) is -0.163. The molecule has 0 amide bonds. The van der Waals surface area contributed by atoms with Gasteiger partial charge in [0.1, 0.15) is 5.82 Å². The van der Waals surface area contributed by atoms with Crippen LogP contribution in [0.3, 0.4) is 0 Å². The zero-order chi connectivity index (χ0) is 15.9. The molecule has 2 aromatic rings. The van der Waals surface area contributed by atoms with Crippen molar-refractivity contribution in [2.75, 3.05) is 32.7 Å². The van der Waals surface area contributed by atoms with Crippen LogP contribution in [0, 0.1) is 5.82 Å². The van der Waals surface area contributed by atoms with Crippen LogP contribution in [-0.4, -0.2) is 42.5 Å². The average molecular weight is 310 g/mol. The second kappa shape index (κ2) is 8.04. The zero-order valence-electron chi connectivity index (χ0n) is 13.4. The van der Waals surface area contributed by atoms with E-state index in [1.807, 2.05) is 18.2 Å². The maximum absolute atomic E-state index is 12.9. The molecule has 2 aromatic carbocycles. The smallest absolute Gasteiger partial charge is 0.123 e. The Bertz CT molecular complexity index is 614. The maximum Gasteiger partial charge on any atom is 0.123 e. The van der Waals surface area contributed by atoms with Gasteiger partial charge in [0, 0.05) is 39.3 Å². The standard InChI is InChI=1S/C20H23FN2/c21-20-10-8-19(9-11-20)17-23-15-13-22(14-16-23)12-4-7-18-5-2-1-3-6-18/h1-11H,12-17H2/b7-4+. The first-order valence-electron chi connectivity index (χ1n) is 8.20. The Hall–Kier alpha value is -1.97. The third-order valence-electron chi connectivity index (χ3n) is 4.26. The number of hydrogen-bond acceptors (Lipinski definition) is 2. The molecule has 0 aromatic heterocycles. The minimum absolute atomic E-state index is 0.163. The Kier molecular flexibility index (Phi) is 5.56. The van der Waals surface area contributed by atoms with Gasteiger partial charge >= 0.3 is 0 Å². The summed E-state index contributed by atoms with van der Waals surface area (Å²) in [5, 5.41) is 0. The van der Waals surface area contributed by atoms with Crippen molar-refractivity contribution in [1.29, 1.82) is 0 Å². The summed E-state index contributed by atoms with van der Waals surface area (Å²) in [4.78, 5) is 4.91. The van der Waals surface area contributed by atoms with Gasteiger partial charge in [0.05, 0.1) is 0 Å². The molecule has 3 rings (SSSR count). The molecule has 1 aliphatic heterocycles. The van der Waals surface area contributed by atoms with Gasteiger partial charge in [-0.2, -0.15) is 0 Å². The highest BCUT2D eigenvalue weighted by molar-refractivity contribution is 5.48. The fourth-order valence-electron chi connectivity index (χ4n) is 2.88. The number of nitrogens with zero attached hydrogens (tertiary/aromatic N) is 2. The molecule has 1 fully saturated rings. The van der Waals surface area contributed by atoms with Crippen molar-refractivity contribution in [2.45, 2.75) is 6.54 Å². The molecule has 0 bridgehead atoms. The molecule has 2 nitrogen and oxygen atoms in total. The van der Waals surface area contributed by atoms with Crippen LogP contribution in [0.1, 0.15) is 11.1 Å². The van der Waals surface area contributed by atoms with Gasteiger partial charge in [-0.05, 0) is 23.3 Å². The molecule has 1 heterocycles. The van der Waals surface area contributed by atoms with E-state index in [2.05, 4.69) is 46.2 Å². The van der Waals surface area contributed by atoms with E-state index in [0.29, 0.717) is 0 Å². The number of piperazine rings is 1. The minimum Gasteiger partial charge on any atom is -0.297 e. The fraction of sp³-hybridized carbons (Fsp3) is 0.300. The Morgan fingerprint density at radius 3 is 2.17 bits per heavy atom. The van der Waals surface area contributed by atoms with Crippen LogP contribution >= 0.6 is 0 Å². The van der Waals surface area contributed by atoms with E-state index in [1.165, 1.54) is 11.1 Å². The molecule has 23 heavy (non-hydrogen) atoms. The van der Waals surface area contributed by atoms with E-state index in [4.69, 9.17) is 0 Å². The lowest BCUT2D eigenvalue weighted by molar-refractivity contribution is 0.137. The first kappa shape index (κ1) is 15.9. The second-order valence-electron chi connectivity index (χ2n) is 6.02. The van der Waals surface area contributed by atoms with Gasteiger partial charge in [-0.25, -0.2) is 4.39 Å². The van der Waals surface area contributed by atoms with Crippen molar-refractivity contribution in [2.24, 2.45) is 0 Å². The quantitative estimate of drug-likeness (QED) is 0.831. The third kappa shape index (κ3) is 5.02.